The average molecular weight is 447 g/mol. The Bertz CT molecular complexity index is 701. The Morgan fingerprint density at radius 3 is 2.38 bits per heavy atom. The third kappa shape index (κ3) is 3.93. The van der Waals surface area contributed by atoms with Crippen molar-refractivity contribution in [2.75, 3.05) is 0 Å². The highest BCUT2D eigenvalue weighted by Gasteiger charge is 2.61. The van der Waals surface area contributed by atoms with Crippen molar-refractivity contribution < 1.29 is 15.3 Å². The number of hydrogen-bond acceptors (Lipinski definition) is 3. The number of aliphatic hydroxyl groups excluding tert-OH is 3. The maximum absolute atomic E-state index is 11.3. The highest BCUT2D eigenvalue weighted by Crippen LogP contribution is 2.67. The lowest BCUT2D eigenvalue weighted by molar-refractivity contribution is -0.103. The Morgan fingerprint density at radius 2 is 1.72 bits per heavy atom. The first-order valence-electron chi connectivity index (χ1n) is 13.8. The molecule has 4 rings (SSSR count). The highest BCUT2D eigenvalue weighted by molar-refractivity contribution is 5.28. The van der Waals surface area contributed by atoms with Gasteiger partial charge in [0.1, 0.15) is 0 Å². The van der Waals surface area contributed by atoms with Gasteiger partial charge < -0.3 is 15.3 Å². The molecule has 0 radical (unpaired) electrons. The Hall–Kier alpha value is -0.380. The summed E-state index contributed by atoms with van der Waals surface area (Å²) in [5, 5.41) is 32.9. The van der Waals surface area contributed by atoms with E-state index in [4.69, 9.17) is 0 Å². The van der Waals surface area contributed by atoms with E-state index in [2.05, 4.69) is 47.6 Å². The minimum Gasteiger partial charge on any atom is -0.393 e. The quantitative estimate of drug-likeness (QED) is 0.441. The smallest absolute Gasteiger partial charge is 0.0757 e. The molecule has 0 aliphatic heterocycles. The van der Waals surface area contributed by atoms with E-state index < -0.39 is 0 Å². The van der Waals surface area contributed by atoms with Crippen LogP contribution in [0.5, 0.6) is 0 Å². The van der Waals surface area contributed by atoms with E-state index >= 15 is 0 Å². The van der Waals surface area contributed by atoms with Gasteiger partial charge in [-0.05, 0) is 104 Å². The van der Waals surface area contributed by atoms with Crippen LogP contribution >= 0.6 is 0 Å². The zero-order valence-electron chi connectivity index (χ0n) is 21.6. The van der Waals surface area contributed by atoms with Crippen LogP contribution in [0.1, 0.15) is 99.3 Å². The molecule has 0 saturated heterocycles. The Balaban J connectivity index is 1.55. The summed E-state index contributed by atoms with van der Waals surface area (Å²) in [6, 6.07) is 0. The topological polar surface area (TPSA) is 60.7 Å². The van der Waals surface area contributed by atoms with E-state index in [9.17, 15) is 15.3 Å². The minimum atomic E-state index is -0.373. The molecule has 3 fully saturated rings. The van der Waals surface area contributed by atoms with Crippen LogP contribution in [0.2, 0.25) is 0 Å². The van der Waals surface area contributed by atoms with Crippen LogP contribution in [0.15, 0.2) is 11.6 Å². The maximum Gasteiger partial charge on any atom is 0.0757 e. The van der Waals surface area contributed by atoms with E-state index in [1.54, 1.807) is 0 Å². The third-order valence-corrected chi connectivity index (χ3v) is 11.4. The summed E-state index contributed by atoms with van der Waals surface area (Å²) in [5.41, 5.74) is 1.70. The summed E-state index contributed by atoms with van der Waals surface area (Å²) in [4.78, 5) is 0. The summed E-state index contributed by atoms with van der Waals surface area (Å²) in [5.74, 6) is 3.51. The lowest BCUT2D eigenvalue weighted by Gasteiger charge is -2.59. The molecule has 0 aromatic rings. The van der Waals surface area contributed by atoms with Crippen LogP contribution in [0.3, 0.4) is 0 Å². The zero-order valence-corrected chi connectivity index (χ0v) is 21.6. The van der Waals surface area contributed by atoms with E-state index in [-0.39, 0.29) is 29.1 Å². The summed E-state index contributed by atoms with van der Waals surface area (Å²) in [7, 11) is 0. The highest BCUT2D eigenvalue weighted by atomic mass is 16.3. The van der Waals surface area contributed by atoms with Gasteiger partial charge in [0, 0.05) is 0 Å². The van der Waals surface area contributed by atoms with Crippen LogP contribution < -0.4 is 0 Å². The first-order chi connectivity index (χ1) is 15.0. The van der Waals surface area contributed by atoms with Crippen LogP contribution in [-0.2, 0) is 0 Å². The predicted molar refractivity (Wildman–Crippen MR) is 131 cm³/mol. The van der Waals surface area contributed by atoms with Crippen molar-refractivity contribution in [3.05, 3.63) is 11.6 Å². The molecule has 11 atom stereocenters. The zero-order chi connectivity index (χ0) is 23.4. The van der Waals surface area contributed by atoms with Crippen LogP contribution in [0.25, 0.3) is 0 Å². The van der Waals surface area contributed by atoms with Crippen molar-refractivity contribution in [2.45, 2.75) is 118 Å². The molecule has 0 amide bonds. The largest absolute Gasteiger partial charge is 0.393 e. The van der Waals surface area contributed by atoms with Gasteiger partial charge in [0.05, 0.1) is 18.3 Å². The Kier molecular flexibility index (Phi) is 6.96. The summed E-state index contributed by atoms with van der Waals surface area (Å²) in [6.07, 6.45) is 10.9. The second-order valence-electron chi connectivity index (χ2n) is 13.1. The molecule has 3 heteroatoms. The number of fused-ring (bicyclic) bond motifs is 5. The Labute approximate surface area is 197 Å². The monoisotopic (exact) mass is 446 g/mol. The molecule has 3 N–H and O–H groups in total. The number of hydrogen-bond donors (Lipinski definition) is 3. The van der Waals surface area contributed by atoms with E-state index in [1.807, 2.05) is 0 Å². The van der Waals surface area contributed by atoms with Crippen LogP contribution in [-0.4, -0.2) is 33.6 Å². The molecule has 0 aromatic carbocycles. The first kappa shape index (κ1) is 24.7. The molecule has 3 nitrogen and oxygen atoms in total. The molecule has 3 unspecified atom stereocenters. The molecule has 3 saturated carbocycles. The fourth-order valence-electron chi connectivity index (χ4n) is 9.24. The van der Waals surface area contributed by atoms with Gasteiger partial charge in [0.15, 0.2) is 0 Å². The molecule has 0 aromatic heterocycles. The average Bonchev–Trinajstić information content (AvgIpc) is 3.09. The molecule has 0 heterocycles. The lowest BCUT2D eigenvalue weighted by atomic mass is 9.46. The van der Waals surface area contributed by atoms with Crippen molar-refractivity contribution in [2.24, 2.45) is 52.3 Å². The molecule has 4 aliphatic carbocycles. The molecule has 184 valence electrons. The van der Waals surface area contributed by atoms with Gasteiger partial charge in [-0.25, -0.2) is 0 Å². The second-order valence-corrected chi connectivity index (χ2v) is 13.1. The third-order valence-electron chi connectivity index (χ3n) is 11.4. The van der Waals surface area contributed by atoms with Crippen LogP contribution in [0, 0.1) is 52.3 Å². The van der Waals surface area contributed by atoms with Gasteiger partial charge in [-0.3, -0.25) is 0 Å². The molecule has 4 aliphatic rings. The molecular weight excluding hydrogens is 396 g/mol. The molecule has 32 heavy (non-hydrogen) atoms. The SMILES string of the molecule is CCC(CC(O)[C@@H](C)C1CC[C@H]2[C@@H]3[C@H](O)C=C4C[C@@H](O)CC[C@]4(C)[C@H]3CC[C@]12C)C(C)C. The maximum atomic E-state index is 11.3. The van der Waals surface area contributed by atoms with Crippen LogP contribution in [0.4, 0.5) is 0 Å². The van der Waals surface area contributed by atoms with Gasteiger partial charge in [-0.2, -0.15) is 0 Å². The van der Waals surface area contributed by atoms with Gasteiger partial charge in [0.2, 0.25) is 0 Å². The number of rotatable bonds is 6. The predicted octanol–water partition coefficient (Wildman–Crippen LogP) is 5.97. The van der Waals surface area contributed by atoms with Crippen molar-refractivity contribution in [3.8, 4) is 0 Å². The molecular formula is C29H50O3. The van der Waals surface area contributed by atoms with Gasteiger partial charge in [0.25, 0.3) is 0 Å². The van der Waals surface area contributed by atoms with Crippen molar-refractivity contribution in [1.29, 1.82) is 0 Å². The fraction of sp³-hybridized carbons (Fsp3) is 0.931. The summed E-state index contributed by atoms with van der Waals surface area (Å²) in [6.45, 7) is 14.1. The van der Waals surface area contributed by atoms with Crippen molar-refractivity contribution in [3.63, 3.8) is 0 Å². The van der Waals surface area contributed by atoms with E-state index in [0.717, 1.165) is 32.1 Å². The van der Waals surface area contributed by atoms with E-state index in [0.29, 0.717) is 41.4 Å². The molecule has 0 bridgehead atoms. The standard InChI is InChI=1S/C29H50O3/c1-7-19(17(2)3)14-25(31)18(4)22-8-9-23-27-24(11-13-29(22,23)6)28(5)12-10-21(30)15-20(28)16-26(27)32/h16-19,21-27,30-32H,7-15H2,1-6H3/t18-,19?,21-,22?,23-,24-,25?,26+,27-,28-,29+/m0/s1. The number of aliphatic hydroxyl groups is 3. The van der Waals surface area contributed by atoms with Crippen molar-refractivity contribution >= 4 is 0 Å². The minimum absolute atomic E-state index is 0.152. The summed E-state index contributed by atoms with van der Waals surface area (Å²) >= 11 is 0. The summed E-state index contributed by atoms with van der Waals surface area (Å²) < 4.78 is 0. The molecule has 0 spiro atoms. The normalized spacial score (nSPS) is 46.6. The first-order valence-corrected chi connectivity index (χ1v) is 13.8. The van der Waals surface area contributed by atoms with Gasteiger partial charge in [-0.1, -0.05) is 59.6 Å². The van der Waals surface area contributed by atoms with Crippen molar-refractivity contribution in [1.82, 2.24) is 0 Å². The Morgan fingerprint density at radius 1 is 1.00 bits per heavy atom. The van der Waals surface area contributed by atoms with E-state index in [1.165, 1.54) is 31.3 Å². The fourth-order valence-corrected chi connectivity index (χ4v) is 9.24. The van der Waals surface area contributed by atoms with Gasteiger partial charge in [-0.15, -0.1) is 0 Å². The lowest BCUT2D eigenvalue weighted by Crippen LogP contribution is -2.55. The van der Waals surface area contributed by atoms with Gasteiger partial charge >= 0.3 is 0 Å². The second kappa shape index (κ2) is 9.00.